The summed E-state index contributed by atoms with van der Waals surface area (Å²) < 4.78 is 0. The number of nitrogens with one attached hydrogen (secondary N) is 1. The van der Waals surface area contributed by atoms with Crippen LogP contribution in [0, 0.1) is 6.92 Å². The lowest BCUT2D eigenvalue weighted by Crippen LogP contribution is -2.22. The molecule has 0 aliphatic heterocycles. The Morgan fingerprint density at radius 2 is 1.60 bits per heavy atom. The maximum absolute atomic E-state index is 12.0. The molecule has 3 nitrogen and oxygen atoms in total. The van der Waals surface area contributed by atoms with Gasteiger partial charge in [-0.1, -0.05) is 29.8 Å². The van der Waals surface area contributed by atoms with Gasteiger partial charge in [0.2, 0.25) is 0 Å². The highest BCUT2D eigenvalue weighted by Gasteiger charge is 2.04. The Labute approximate surface area is 120 Å². The van der Waals surface area contributed by atoms with Crippen molar-refractivity contribution in [2.45, 2.75) is 13.5 Å². The summed E-state index contributed by atoms with van der Waals surface area (Å²) >= 11 is 0. The van der Waals surface area contributed by atoms with E-state index in [2.05, 4.69) is 10.2 Å². The van der Waals surface area contributed by atoms with E-state index in [1.165, 1.54) is 0 Å². The third-order valence-electron chi connectivity index (χ3n) is 3.22. The van der Waals surface area contributed by atoms with Crippen molar-refractivity contribution in [1.82, 2.24) is 5.32 Å². The van der Waals surface area contributed by atoms with Gasteiger partial charge in [0.25, 0.3) is 5.91 Å². The van der Waals surface area contributed by atoms with Crippen molar-refractivity contribution in [3.05, 3.63) is 65.2 Å². The van der Waals surface area contributed by atoms with Crippen LogP contribution in [0.25, 0.3) is 0 Å². The summed E-state index contributed by atoms with van der Waals surface area (Å²) in [5.74, 6) is -0.0401. The summed E-state index contributed by atoms with van der Waals surface area (Å²) in [6.45, 7) is 2.55. The maximum atomic E-state index is 12.0. The molecule has 0 spiro atoms. The Morgan fingerprint density at radius 1 is 1.00 bits per heavy atom. The predicted octanol–water partition coefficient (Wildman–Crippen LogP) is 2.99. The van der Waals surface area contributed by atoms with E-state index in [4.69, 9.17) is 0 Å². The lowest BCUT2D eigenvalue weighted by atomic mass is 10.1. The average Bonchev–Trinajstić information content (AvgIpc) is 2.46. The Kier molecular flexibility index (Phi) is 4.41. The summed E-state index contributed by atoms with van der Waals surface area (Å²) in [6, 6.07) is 15.7. The third kappa shape index (κ3) is 3.60. The van der Waals surface area contributed by atoms with Crippen molar-refractivity contribution in [1.29, 1.82) is 0 Å². The maximum Gasteiger partial charge on any atom is 0.251 e. The monoisotopic (exact) mass is 268 g/mol. The van der Waals surface area contributed by atoms with Crippen molar-refractivity contribution in [2.24, 2.45) is 0 Å². The summed E-state index contributed by atoms with van der Waals surface area (Å²) in [5, 5.41) is 2.93. The van der Waals surface area contributed by atoms with Crippen molar-refractivity contribution >= 4 is 11.6 Å². The highest BCUT2D eigenvalue weighted by atomic mass is 16.1. The lowest BCUT2D eigenvalue weighted by Gasteiger charge is -2.13. The summed E-state index contributed by atoms with van der Waals surface area (Å²) in [7, 11) is 4.02. The van der Waals surface area contributed by atoms with Crippen LogP contribution in [0.2, 0.25) is 0 Å². The van der Waals surface area contributed by atoms with E-state index >= 15 is 0 Å². The fourth-order valence-electron chi connectivity index (χ4n) is 1.90. The molecule has 0 atom stereocenters. The molecule has 104 valence electrons. The van der Waals surface area contributed by atoms with Gasteiger partial charge >= 0.3 is 0 Å². The molecule has 20 heavy (non-hydrogen) atoms. The lowest BCUT2D eigenvalue weighted by molar-refractivity contribution is 0.0951. The number of carbonyl (C=O) groups excluding carboxylic acids is 1. The minimum atomic E-state index is -0.0401. The van der Waals surface area contributed by atoms with E-state index < -0.39 is 0 Å². The van der Waals surface area contributed by atoms with Crippen molar-refractivity contribution in [2.75, 3.05) is 19.0 Å². The third-order valence-corrected chi connectivity index (χ3v) is 3.22. The van der Waals surface area contributed by atoms with Crippen molar-refractivity contribution < 1.29 is 4.79 Å². The van der Waals surface area contributed by atoms with Crippen LogP contribution < -0.4 is 10.2 Å². The number of anilines is 1. The fourth-order valence-corrected chi connectivity index (χ4v) is 1.90. The van der Waals surface area contributed by atoms with Gasteiger partial charge in [-0.2, -0.15) is 0 Å². The first-order valence-electron chi connectivity index (χ1n) is 6.67. The number of carbonyl (C=O) groups is 1. The number of aryl methyl sites for hydroxylation is 1. The Balaban J connectivity index is 1.94. The largest absolute Gasteiger partial charge is 0.378 e. The molecule has 1 amide bonds. The zero-order valence-electron chi connectivity index (χ0n) is 12.2. The van der Waals surface area contributed by atoms with E-state index in [-0.39, 0.29) is 5.91 Å². The van der Waals surface area contributed by atoms with Gasteiger partial charge < -0.3 is 10.2 Å². The zero-order chi connectivity index (χ0) is 14.5. The minimum Gasteiger partial charge on any atom is -0.378 e. The van der Waals surface area contributed by atoms with E-state index in [0.29, 0.717) is 12.1 Å². The molecular formula is C17H20N2O. The molecule has 0 aromatic heterocycles. The highest BCUT2D eigenvalue weighted by molar-refractivity contribution is 5.94. The van der Waals surface area contributed by atoms with Crippen LogP contribution in [0.4, 0.5) is 5.69 Å². The molecule has 2 rings (SSSR count). The Hall–Kier alpha value is -2.29. The van der Waals surface area contributed by atoms with Crippen LogP contribution in [-0.2, 0) is 6.54 Å². The quantitative estimate of drug-likeness (QED) is 0.924. The first-order valence-corrected chi connectivity index (χ1v) is 6.67. The second-order valence-corrected chi connectivity index (χ2v) is 5.11. The van der Waals surface area contributed by atoms with Gasteiger partial charge in [0.1, 0.15) is 0 Å². The zero-order valence-corrected chi connectivity index (χ0v) is 12.2. The summed E-state index contributed by atoms with van der Waals surface area (Å²) in [4.78, 5) is 14.0. The molecule has 0 aliphatic rings. The second kappa shape index (κ2) is 6.24. The number of benzene rings is 2. The molecule has 3 heteroatoms. The smallest absolute Gasteiger partial charge is 0.251 e. The summed E-state index contributed by atoms with van der Waals surface area (Å²) in [6.07, 6.45) is 0. The van der Waals surface area contributed by atoms with Crippen molar-refractivity contribution in [3.63, 3.8) is 0 Å². The van der Waals surface area contributed by atoms with Gasteiger partial charge in [-0.25, -0.2) is 0 Å². The van der Waals surface area contributed by atoms with Crippen LogP contribution in [-0.4, -0.2) is 20.0 Å². The molecule has 0 heterocycles. The van der Waals surface area contributed by atoms with Crippen LogP contribution in [0.5, 0.6) is 0 Å². The molecule has 0 fully saturated rings. The fraction of sp³-hybridized carbons (Fsp3) is 0.235. The Bertz CT molecular complexity index is 571. The normalized spacial score (nSPS) is 10.2. The van der Waals surface area contributed by atoms with E-state index in [0.717, 1.165) is 16.8 Å². The molecule has 0 bridgehead atoms. The van der Waals surface area contributed by atoms with Gasteiger partial charge in [-0.3, -0.25) is 4.79 Å². The molecule has 2 aromatic rings. The molecule has 0 saturated heterocycles. The predicted molar refractivity (Wildman–Crippen MR) is 83.1 cm³/mol. The van der Waals surface area contributed by atoms with Gasteiger partial charge in [-0.05, 0) is 36.8 Å². The molecule has 0 saturated carbocycles. The molecule has 2 aromatic carbocycles. The first-order chi connectivity index (χ1) is 9.56. The number of amides is 1. The number of hydrogen-bond acceptors (Lipinski definition) is 2. The van der Waals surface area contributed by atoms with Crippen LogP contribution in [0.1, 0.15) is 21.5 Å². The van der Waals surface area contributed by atoms with Gasteiger partial charge in [0.05, 0.1) is 0 Å². The molecule has 1 N–H and O–H groups in total. The number of hydrogen-bond donors (Lipinski definition) is 1. The molecular weight excluding hydrogens is 248 g/mol. The number of rotatable bonds is 4. The minimum absolute atomic E-state index is 0.0401. The van der Waals surface area contributed by atoms with E-state index in [1.54, 1.807) is 0 Å². The molecule has 0 unspecified atom stereocenters. The first kappa shape index (κ1) is 14.1. The standard InChI is InChI=1S/C17H20N2O/c1-13-4-8-15(9-5-13)17(20)18-12-14-6-10-16(11-7-14)19(2)3/h4-11H,12H2,1-3H3,(H,18,20). The summed E-state index contributed by atoms with van der Waals surface area (Å²) in [5.41, 5.74) is 4.09. The van der Waals surface area contributed by atoms with E-state index in [9.17, 15) is 4.79 Å². The van der Waals surface area contributed by atoms with Crippen LogP contribution in [0.15, 0.2) is 48.5 Å². The average molecular weight is 268 g/mol. The topological polar surface area (TPSA) is 32.3 Å². The van der Waals surface area contributed by atoms with Gasteiger partial charge in [-0.15, -0.1) is 0 Å². The van der Waals surface area contributed by atoms with E-state index in [1.807, 2.05) is 69.6 Å². The molecule has 0 radical (unpaired) electrons. The highest BCUT2D eigenvalue weighted by Crippen LogP contribution is 2.12. The van der Waals surface area contributed by atoms with Crippen LogP contribution >= 0.6 is 0 Å². The van der Waals surface area contributed by atoms with Gasteiger partial charge in [0, 0.05) is 31.9 Å². The van der Waals surface area contributed by atoms with Crippen molar-refractivity contribution in [3.8, 4) is 0 Å². The molecule has 0 aliphatic carbocycles. The Morgan fingerprint density at radius 3 is 2.15 bits per heavy atom. The second-order valence-electron chi connectivity index (χ2n) is 5.11. The SMILES string of the molecule is Cc1ccc(C(=O)NCc2ccc(N(C)C)cc2)cc1. The van der Waals surface area contributed by atoms with Crippen LogP contribution in [0.3, 0.4) is 0 Å². The van der Waals surface area contributed by atoms with Gasteiger partial charge in [0.15, 0.2) is 0 Å². The number of nitrogens with zero attached hydrogens (tertiary/aromatic N) is 1.